The van der Waals surface area contributed by atoms with Crippen LogP contribution in [0.2, 0.25) is 0 Å². The van der Waals surface area contributed by atoms with Crippen LogP contribution in [0.1, 0.15) is 58.2 Å². The third-order valence-electron chi connectivity index (χ3n) is 3.54. The molecule has 1 heterocycles. The first kappa shape index (κ1) is 11.8. The van der Waals surface area contributed by atoms with E-state index < -0.39 is 0 Å². The molecule has 1 aliphatic carbocycles. The summed E-state index contributed by atoms with van der Waals surface area (Å²) in [7, 11) is 0. The van der Waals surface area contributed by atoms with Gasteiger partial charge in [0.25, 0.3) is 0 Å². The van der Waals surface area contributed by atoms with Gasteiger partial charge in [-0.3, -0.25) is 5.10 Å². The summed E-state index contributed by atoms with van der Waals surface area (Å²) in [6, 6.07) is 0. The van der Waals surface area contributed by atoms with Crippen LogP contribution in [0, 0.1) is 10.2 Å². The first-order valence-corrected chi connectivity index (χ1v) is 6.64. The van der Waals surface area contributed by atoms with E-state index in [2.05, 4.69) is 35.5 Å². The lowest BCUT2D eigenvalue weighted by Gasteiger charge is -2.17. The molecule has 1 aromatic heterocycles. The highest BCUT2D eigenvalue weighted by molar-refractivity contribution is 7.71. The quantitative estimate of drug-likeness (QED) is 0.796. The number of rotatable bonds is 5. The van der Waals surface area contributed by atoms with Gasteiger partial charge in [-0.15, -0.1) is 0 Å². The van der Waals surface area contributed by atoms with Gasteiger partial charge in [0, 0.05) is 12.5 Å². The molecular formula is C12H21N3S. The van der Waals surface area contributed by atoms with Crippen molar-refractivity contribution in [2.24, 2.45) is 5.41 Å². The summed E-state index contributed by atoms with van der Waals surface area (Å²) in [5, 5.41) is 7.26. The SMILES string of the molecule is CCCC1(Cn2c(C(C)C)n[nH]c2=S)CC1. The van der Waals surface area contributed by atoms with E-state index in [1.807, 2.05) is 0 Å². The summed E-state index contributed by atoms with van der Waals surface area (Å²) in [4.78, 5) is 0. The number of nitrogens with one attached hydrogen (secondary N) is 1. The van der Waals surface area contributed by atoms with Crippen molar-refractivity contribution in [2.75, 3.05) is 0 Å². The van der Waals surface area contributed by atoms with Gasteiger partial charge >= 0.3 is 0 Å². The van der Waals surface area contributed by atoms with Crippen LogP contribution in [0.15, 0.2) is 0 Å². The molecule has 90 valence electrons. The number of H-pyrrole nitrogens is 1. The molecule has 0 unspecified atom stereocenters. The molecule has 1 aromatic rings. The second-order valence-corrected chi connectivity index (χ2v) is 5.76. The summed E-state index contributed by atoms with van der Waals surface area (Å²) in [6.45, 7) is 7.66. The molecule has 0 aromatic carbocycles. The van der Waals surface area contributed by atoms with Crippen molar-refractivity contribution < 1.29 is 0 Å². The van der Waals surface area contributed by atoms with Gasteiger partial charge in [0.15, 0.2) is 4.77 Å². The molecular weight excluding hydrogens is 218 g/mol. The topological polar surface area (TPSA) is 33.6 Å². The minimum absolute atomic E-state index is 0.436. The maximum Gasteiger partial charge on any atom is 0.195 e. The molecule has 3 nitrogen and oxygen atoms in total. The molecule has 1 fully saturated rings. The number of hydrogen-bond acceptors (Lipinski definition) is 2. The molecule has 0 amide bonds. The molecule has 0 spiro atoms. The van der Waals surface area contributed by atoms with Crippen LogP contribution in [-0.4, -0.2) is 14.8 Å². The standard InChI is InChI=1S/C12H21N3S/c1-4-5-12(6-7-12)8-15-10(9(2)3)13-14-11(15)16/h9H,4-8H2,1-3H3,(H,14,16). The summed E-state index contributed by atoms with van der Waals surface area (Å²) in [6.07, 6.45) is 5.29. The van der Waals surface area contributed by atoms with Crippen molar-refractivity contribution in [1.29, 1.82) is 0 Å². The van der Waals surface area contributed by atoms with E-state index >= 15 is 0 Å². The number of aromatic nitrogens is 3. The van der Waals surface area contributed by atoms with Gasteiger partial charge in [-0.2, -0.15) is 5.10 Å². The fraction of sp³-hybridized carbons (Fsp3) is 0.833. The maximum absolute atomic E-state index is 5.32. The second-order valence-electron chi connectivity index (χ2n) is 5.38. The van der Waals surface area contributed by atoms with Gasteiger partial charge in [0.05, 0.1) is 0 Å². The lowest BCUT2D eigenvalue weighted by atomic mass is 10.0. The Morgan fingerprint density at radius 2 is 2.19 bits per heavy atom. The van der Waals surface area contributed by atoms with Gasteiger partial charge in [-0.05, 0) is 36.9 Å². The fourth-order valence-corrected chi connectivity index (χ4v) is 2.66. The van der Waals surface area contributed by atoms with Gasteiger partial charge in [-0.25, -0.2) is 0 Å². The maximum atomic E-state index is 5.32. The van der Waals surface area contributed by atoms with E-state index in [9.17, 15) is 0 Å². The number of hydrogen-bond donors (Lipinski definition) is 1. The van der Waals surface area contributed by atoms with Gasteiger partial charge in [0.2, 0.25) is 0 Å². The predicted molar refractivity (Wildman–Crippen MR) is 68.1 cm³/mol. The smallest absolute Gasteiger partial charge is 0.195 e. The number of nitrogens with zero attached hydrogens (tertiary/aromatic N) is 2. The Morgan fingerprint density at radius 3 is 2.69 bits per heavy atom. The normalized spacial score (nSPS) is 18.0. The van der Waals surface area contributed by atoms with E-state index in [1.54, 1.807) is 0 Å². The zero-order chi connectivity index (χ0) is 11.8. The third kappa shape index (κ3) is 2.21. The average Bonchev–Trinajstić information content (AvgIpc) is 2.87. The van der Waals surface area contributed by atoms with Crippen molar-refractivity contribution in [3.63, 3.8) is 0 Å². The van der Waals surface area contributed by atoms with Gasteiger partial charge in [-0.1, -0.05) is 27.2 Å². The van der Waals surface area contributed by atoms with Crippen LogP contribution in [0.3, 0.4) is 0 Å². The molecule has 0 aliphatic heterocycles. The molecule has 0 saturated heterocycles. The van der Waals surface area contributed by atoms with Crippen molar-refractivity contribution in [3.8, 4) is 0 Å². The molecule has 1 saturated carbocycles. The Hall–Kier alpha value is -0.640. The van der Waals surface area contributed by atoms with Crippen molar-refractivity contribution in [1.82, 2.24) is 14.8 Å². The minimum atomic E-state index is 0.436. The van der Waals surface area contributed by atoms with Crippen LogP contribution >= 0.6 is 12.2 Å². The Morgan fingerprint density at radius 1 is 1.50 bits per heavy atom. The van der Waals surface area contributed by atoms with E-state index in [-0.39, 0.29) is 0 Å². The molecule has 1 aliphatic rings. The van der Waals surface area contributed by atoms with E-state index in [4.69, 9.17) is 12.2 Å². The van der Waals surface area contributed by atoms with Crippen LogP contribution in [0.5, 0.6) is 0 Å². The number of aromatic amines is 1. The van der Waals surface area contributed by atoms with E-state index in [1.165, 1.54) is 25.7 Å². The Balaban J connectivity index is 2.21. The Labute approximate surface area is 102 Å². The fourth-order valence-electron chi connectivity index (χ4n) is 2.45. The van der Waals surface area contributed by atoms with Gasteiger partial charge < -0.3 is 4.57 Å². The molecule has 4 heteroatoms. The molecule has 0 radical (unpaired) electrons. The Kier molecular flexibility index (Phi) is 3.19. The lowest BCUT2D eigenvalue weighted by molar-refractivity contribution is 0.376. The van der Waals surface area contributed by atoms with Crippen LogP contribution in [-0.2, 0) is 6.54 Å². The zero-order valence-electron chi connectivity index (χ0n) is 10.4. The van der Waals surface area contributed by atoms with Crippen LogP contribution in [0.4, 0.5) is 0 Å². The highest BCUT2D eigenvalue weighted by atomic mass is 32.1. The summed E-state index contributed by atoms with van der Waals surface area (Å²) < 4.78 is 2.99. The van der Waals surface area contributed by atoms with E-state index in [0.717, 1.165) is 17.1 Å². The van der Waals surface area contributed by atoms with Crippen molar-refractivity contribution in [2.45, 2.75) is 58.9 Å². The van der Waals surface area contributed by atoms with E-state index in [0.29, 0.717) is 11.3 Å². The molecule has 0 bridgehead atoms. The monoisotopic (exact) mass is 239 g/mol. The summed E-state index contributed by atoms with van der Waals surface area (Å²) in [5.74, 6) is 1.54. The molecule has 0 atom stereocenters. The van der Waals surface area contributed by atoms with Gasteiger partial charge in [0.1, 0.15) is 5.82 Å². The summed E-state index contributed by atoms with van der Waals surface area (Å²) in [5.41, 5.74) is 0.528. The highest BCUT2D eigenvalue weighted by Gasteiger charge is 2.42. The third-order valence-corrected chi connectivity index (χ3v) is 3.85. The first-order chi connectivity index (χ1) is 7.58. The second kappa shape index (κ2) is 4.32. The van der Waals surface area contributed by atoms with Crippen molar-refractivity contribution >= 4 is 12.2 Å². The highest BCUT2D eigenvalue weighted by Crippen LogP contribution is 2.51. The van der Waals surface area contributed by atoms with Crippen LogP contribution < -0.4 is 0 Å². The van der Waals surface area contributed by atoms with Crippen molar-refractivity contribution in [3.05, 3.63) is 10.6 Å². The first-order valence-electron chi connectivity index (χ1n) is 6.23. The average molecular weight is 239 g/mol. The molecule has 16 heavy (non-hydrogen) atoms. The minimum Gasteiger partial charge on any atom is -0.303 e. The molecule has 2 rings (SSSR count). The predicted octanol–water partition coefficient (Wildman–Crippen LogP) is 3.64. The Bertz CT molecular complexity index is 412. The largest absolute Gasteiger partial charge is 0.303 e. The summed E-state index contributed by atoms with van der Waals surface area (Å²) >= 11 is 5.32. The molecule has 1 N–H and O–H groups in total. The van der Waals surface area contributed by atoms with Crippen LogP contribution in [0.25, 0.3) is 0 Å². The lowest BCUT2D eigenvalue weighted by Crippen LogP contribution is -2.15. The zero-order valence-corrected chi connectivity index (χ0v) is 11.2.